The molecule has 5 heteroatoms. The fraction of sp³-hybridized carbons (Fsp3) is 0.231. The predicted molar refractivity (Wildman–Crippen MR) is 73.1 cm³/mol. The Hall–Kier alpha value is -1.57. The van der Waals surface area contributed by atoms with Gasteiger partial charge in [0.1, 0.15) is 5.69 Å². The van der Waals surface area contributed by atoms with Crippen molar-refractivity contribution in [1.29, 1.82) is 0 Å². The van der Waals surface area contributed by atoms with Crippen molar-refractivity contribution in [3.8, 4) is 11.8 Å². The Morgan fingerprint density at radius 3 is 3.06 bits per heavy atom. The molecule has 90 valence electrons. The van der Waals surface area contributed by atoms with Gasteiger partial charge in [0, 0.05) is 12.4 Å². The Kier molecular flexibility index (Phi) is 2.94. The SMILES string of the molecule is S=c1cc[nH]c(C#Cc2cnn(C3CC3)c2)c1Cl. The molecule has 0 bridgehead atoms. The second kappa shape index (κ2) is 4.60. The van der Waals surface area contributed by atoms with Gasteiger partial charge in [-0.1, -0.05) is 29.7 Å². The van der Waals surface area contributed by atoms with Gasteiger partial charge in [-0.3, -0.25) is 4.68 Å². The minimum Gasteiger partial charge on any atom is -0.354 e. The number of hydrogen-bond donors (Lipinski definition) is 1. The zero-order valence-electron chi connectivity index (χ0n) is 9.48. The number of H-pyrrole nitrogens is 1. The van der Waals surface area contributed by atoms with E-state index in [9.17, 15) is 0 Å². The molecule has 1 aliphatic carbocycles. The molecule has 18 heavy (non-hydrogen) atoms. The van der Waals surface area contributed by atoms with Crippen molar-refractivity contribution >= 4 is 23.8 Å². The quantitative estimate of drug-likeness (QED) is 0.640. The summed E-state index contributed by atoms with van der Waals surface area (Å²) in [7, 11) is 0. The van der Waals surface area contributed by atoms with E-state index in [1.807, 2.05) is 10.9 Å². The maximum atomic E-state index is 6.07. The Morgan fingerprint density at radius 1 is 1.44 bits per heavy atom. The van der Waals surface area contributed by atoms with E-state index in [-0.39, 0.29) is 0 Å². The van der Waals surface area contributed by atoms with Crippen LogP contribution in [0.3, 0.4) is 0 Å². The van der Waals surface area contributed by atoms with Gasteiger partial charge in [0.2, 0.25) is 0 Å². The third kappa shape index (κ3) is 2.33. The van der Waals surface area contributed by atoms with Crippen LogP contribution in [0.2, 0.25) is 5.02 Å². The van der Waals surface area contributed by atoms with E-state index in [0.717, 1.165) is 5.56 Å². The zero-order chi connectivity index (χ0) is 12.5. The highest BCUT2D eigenvalue weighted by atomic mass is 35.5. The van der Waals surface area contributed by atoms with E-state index in [1.54, 1.807) is 18.5 Å². The van der Waals surface area contributed by atoms with E-state index < -0.39 is 0 Å². The van der Waals surface area contributed by atoms with Crippen molar-refractivity contribution in [2.45, 2.75) is 18.9 Å². The summed E-state index contributed by atoms with van der Waals surface area (Å²) in [5.74, 6) is 6.02. The number of aromatic amines is 1. The molecule has 0 spiro atoms. The maximum absolute atomic E-state index is 6.07. The molecular formula is C13H10ClN3S. The van der Waals surface area contributed by atoms with Crippen molar-refractivity contribution < 1.29 is 0 Å². The summed E-state index contributed by atoms with van der Waals surface area (Å²) < 4.78 is 2.58. The highest BCUT2D eigenvalue weighted by Crippen LogP contribution is 2.33. The molecule has 1 saturated carbocycles. The second-order valence-corrected chi connectivity index (χ2v) is 5.04. The van der Waals surface area contributed by atoms with E-state index in [0.29, 0.717) is 21.3 Å². The first kappa shape index (κ1) is 11.5. The third-order valence-electron chi connectivity index (χ3n) is 2.75. The van der Waals surface area contributed by atoms with Crippen LogP contribution < -0.4 is 0 Å². The summed E-state index contributed by atoms with van der Waals surface area (Å²) in [6.07, 6.45) is 7.91. The van der Waals surface area contributed by atoms with Gasteiger partial charge in [-0.25, -0.2) is 0 Å². The molecule has 0 aromatic carbocycles. The summed E-state index contributed by atoms with van der Waals surface area (Å²) in [6.45, 7) is 0. The fourth-order valence-electron chi connectivity index (χ4n) is 1.63. The van der Waals surface area contributed by atoms with Gasteiger partial charge in [0.15, 0.2) is 0 Å². The van der Waals surface area contributed by atoms with Crippen molar-refractivity contribution in [3.05, 3.63) is 45.4 Å². The lowest BCUT2D eigenvalue weighted by Crippen LogP contribution is -1.91. The number of hydrogen-bond acceptors (Lipinski definition) is 2. The molecule has 0 aliphatic heterocycles. The Labute approximate surface area is 115 Å². The molecule has 2 aromatic rings. The van der Waals surface area contributed by atoms with Gasteiger partial charge < -0.3 is 4.98 Å². The minimum absolute atomic E-state index is 0.495. The lowest BCUT2D eigenvalue weighted by Gasteiger charge is -1.94. The number of pyridine rings is 1. The van der Waals surface area contributed by atoms with Gasteiger partial charge in [-0.15, -0.1) is 0 Å². The zero-order valence-corrected chi connectivity index (χ0v) is 11.1. The Bertz CT molecular complexity index is 701. The smallest absolute Gasteiger partial charge is 0.110 e. The molecule has 2 aromatic heterocycles. The second-order valence-electron chi connectivity index (χ2n) is 4.22. The third-order valence-corrected chi connectivity index (χ3v) is 3.60. The van der Waals surface area contributed by atoms with Crippen LogP contribution in [-0.4, -0.2) is 14.8 Å². The van der Waals surface area contributed by atoms with Crippen LogP contribution in [0, 0.1) is 16.4 Å². The fourth-order valence-corrected chi connectivity index (χ4v) is 1.96. The maximum Gasteiger partial charge on any atom is 0.110 e. The highest BCUT2D eigenvalue weighted by Gasteiger charge is 2.23. The number of rotatable bonds is 1. The van der Waals surface area contributed by atoms with Crippen molar-refractivity contribution in [1.82, 2.24) is 14.8 Å². The lowest BCUT2D eigenvalue weighted by molar-refractivity contribution is 0.641. The van der Waals surface area contributed by atoms with Gasteiger partial charge in [-0.2, -0.15) is 5.10 Å². The van der Waals surface area contributed by atoms with E-state index in [2.05, 4.69) is 21.9 Å². The van der Waals surface area contributed by atoms with Crippen molar-refractivity contribution in [3.63, 3.8) is 0 Å². The number of halogens is 1. The molecule has 0 radical (unpaired) electrons. The standard InChI is InChI=1S/C13H10ClN3S/c14-13-11(15-6-5-12(13)18)4-1-9-7-16-17(8-9)10-2-3-10/h5-8,10H,2-3H2,(H,15,18). The lowest BCUT2D eigenvalue weighted by atomic mass is 10.3. The molecule has 1 aliphatic rings. The summed E-state index contributed by atoms with van der Waals surface area (Å²) in [4.78, 5) is 2.99. The average molecular weight is 276 g/mol. The van der Waals surface area contributed by atoms with Crippen LogP contribution in [0.4, 0.5) is 0 Å². The predicted octanol–water partition coefficient (Wildman–Crippen LogP) is 3.33. The average Bonchev–Trinajstić information content (AvgIpc) is 3.11. The van der Waals surface area contributed by atoms with Crippen LogP contribution in [0.1, 0.15) is 30.1 Å². The molecular weight excluding hydrogens is 266 g/mol. The molecule has 0 unspecified atom stereocenters. The first-order chi connectivity index (χ1) is 8.74. The molecule has 2 heterocycles. The normalized spacial score (nSPS) is 14.1. The Balaban J connectivity index is 1.89. The van der Waals surface area contributed by atoms with E-state index in [1.165, 1.54) is 12.8 Å². The molecule has 1 fully saturated rings. The summed E-state index contributed by atoms with van der Waals surface area (Å²) in [6, 6.07) is 2.32. The van der Waals surface area contributed by atoms with Crippen LogP contribution in [0.15, 0.2) is 24.7 Å². The van der Waals surface area contributed by atoms with Crippen LogP contribution in [0.5, 0.6) is 0 Å². The molecule has 3 nitrogen and oxygen atoms in total. The summed E-state index contributed by atoms with van der Waals surface area (Å²) in [5, 5.41) is 4.78. The first-order valence-electron chi connectivity index (χ1n) is 5.67. The van der Waals surface area contributed by atoms with Gasteiger partial charge >= 0.3 is 0 Å². The number of aromatic nitrogens is 3. The molecule has 3 rings (SSSR count). The van der Waals surface area contributed by atoms with Gasteiger partial charge in [0.05, 0.1) is 27.3 Å². The Morgan fingerprint density at radius 2 is 2.28 bits per heavy atom. The topological polar surface area (TPSA) is 33.6 Å². The van der Waals surface area contributed by atoms with Gasteiger partial charge in [0.25, 0.3) is 0 Å². The summed E-state index contributed by atoms with van der Waals surface area (Å²) >= 11 is 11.1. The number of nitrogens with zero attached hydrogens (tertiary/aromatic N) is 2. The highest BCUT2D eigenvalue weighted by molar-refractivity contribution is 7.71. The molecule has 1 N–H and O–H groups in total. The molecule has 0 saturated heterocycles. The monoisotopic (exact) mass is 275 g/mol. The van der Waals surface area contributed by atoms with E-state index >= 15 is 0 Å². The van der Waals surface area contributed by atoms with Crippen molar-refractivity contribution in [2.24, 2.45) is 0 Å². The molecule has 0 atom stereocenters. The van der Waals surface area contributed by atoms with Crippen LogP contribution >= 0.6 is 23.8 Å². The van der Waals surface area contributed by atoms with Gasteiger partial charge in [-0.05, 0) is 24.8 Å². The van der Waals surface area contributed by atoms with E-state index in [4.69, 9.17) is 23.8 Å². The van der Waals surface area contributed by atoms with Crippen LogP contribution in [-0.2, 0) is 0 Å². The van der Waals surface area contributed by atoms with Crippen LogP contribution in [0.25, 0.3) is 0 Å². The first-order valence-corrected chi connectivity index (χ1v) is 6.46. The minimum atomic E-state index is 0.495. The number of nitrogens with one attached hydrogen (secondary N) is 1. The molecule has 0 amide bonds. The van der Waals surface area contributed by atoms with Crippen molar-refractivity contribution in [2.75, 3.05) is 0 Å². The summed E-state index contributed by atoms with van der Waals surface area (Å²) in [5.41, 5.74) is 1.53. The largest absolute Gasteiger partial charge is 0.354 e.